The van der Waals surface area contributed by atoms with E-state index in [1.54, 1.807) is 0 Å². The molecule has 0 aliphatic carbocycles. The quantitative estimate of drug-likeness (QED) is 0.860. The molecule has 0 fully saturated rings. The molecular weight excluding hydrogens is 333 g/mol. The van der Waals surface area contributed by atoms with Crippen molar-refractivity contribution in [3.05, 3.63) is 59.9 Å². The van der Waals surface area contributed by atoms with Crippen molar-refractivity contribution in [1.29, 1.82) is 5.26 Å². The maximum absolute atomic E-state index is 13.1. The molecule has 0 unspecified atom stereocenters. The molecule has 24 heavy (non-hydrogen) atoms. The third-order valence-electron chi connectivity index (χ3n) is 3.23. The lowest BCUT2D eigenvalue weighted by Crippen LogP contribution is -2.34. The van der Waals surface area contributed by atoms with E-state index < -0.39 is 21.7 Å². The van der Waals surface area contributed by atoms with Crippen molar-refractivity contribution in [2.75, 3.05) is 10.8 Å². The van der Waals surface area contributed by atoms with Crippen molar-refractivity contribution < 1.29 is 17.6 Å². The summed E-state index contributed by atoms with van der Waals surface area (Å²) < 4.78 is 39.8. The average Bonchev–Trinajstić information content (AvgIpc) is 2.56. The van der Waals surface area contributed by atoms with E-state index in [4.69, 9.17) is 11.0 Å². The van der Waals surface area contributed by atoms with Crippen LogP contribution in [0.3, 0.4) is 0 Å². The largest absolute Gasteiger partial charge is 0.370 e. The smallest absolute Gasteiger partial charge is 0.264 e. The Morgan fingerprint density at radius 2 is 1.88 bits per heavy atom. The molecule has 0 aliphatic heterocycles. The van der Waals surface area contributed by atoms with Gasteiger partial charge in [0.25, 0.3) is 10.0 Å². The lowest BCUT2D eigenvalue weighted by atomic mass is 10.2. The molecule has 1 amide bonds. The predicted molar refractivity (Wildman–Crippen MR) is 85.9 cm³/mol. The molecule has 8 heteroatoms. The number of nitrogens with zero attached hydrogens (tertiary/aromatic N) is 2. The fourth-order valence-electron chi connectivity index (χ4n) is 2.06. The van der Waals surface area contributed by atoms with Gasteiger partial charge in [0.15, 0.2) is 0 Å². The van der Waals surface area contributed by atoms with E-state index in [2.05, 4.69) is 0 Å². The molecule has 6 nitrogen and oxygen atoms in total. The summed E-state index contributed by atoms with van der Waals surface area (Å²) in [6.07, 6.45) is -0.200. The molecule has 0 spiro atoms. The minimum Gasteiger partial charge on any atom is -0.370 e. The van der Waals surface area contributed by atoms with Gasteiger partial charge in [-0.3, -0.25) is 9.10 Å². The van der Waals surface area contributed by atoms with Gasteiger partial charge in [0.05, 0.1) is 22.2 Å². The van der Waals surface area contributed by atoms with Crippen LogP contribution in [-0.2, 0) is 14.8 Å². The summed E-state index contributed by atoms with van der Waals surface area (Å²) in [5.74, 6) is -1.18. The summed E-state index contributed by atoms with van der Waals surface area (Å²) in [7, 11) is -4.04. The molecule has 0 bridgehead atoms. The number of primary amides is 1. The average molecular weight is 347 g/mol. The molecule has 0 radical (unpaired) electrons. The van der Waals surface area contributed by atoms with Gasteiger partial charge in [0.2, 0.25) is 5.91 Å². The van der Waals surface area contributed by atoms with E-state index in [0.717, 1.165) is 16.4 Å². The molecule has 2 N–H and O–H groups in total. The van der Waals surface area contributed by atoms with Crippen molar-refractivity contribution in [2.24, 2.45) is 5.73 Å². The van der Waals surface area contributed by atoms with Crippen molar-refractivity contribution in [2.45, 2.75) is 11.3 Å². The van der Waals surface area contributed by atoms with Gasteiger partial charge in [-0.2, -0.15) is 5.26 Å². The van der Waals surface area contributed by atoms with Crippen LogP contribution >= 0.6 is 0 Å². The van der Waals surface area contributed by atoms with Crippen LogP contribution in [-0.4, -0.2) is 20.9 Å². The number of nitrogens with two attached hydrogens (primary N) is 1. The standard InChI is InChI=1S/C16H14FN3O3S/c17-13-4-6-14(7-5-13)20(9-8-16(19)21)24(22,23)15-3-1-2-12(10-15)11-18/h1-7,10H,8-9H2,(H2,19,21). The number of amides is 1. The number of benzene rings is 2. The Bertz CT molecular complexity index is 890. The highest BCUT2D eigenvalue weighted by molar-refractivity contribution is 7.92. The first kappa shape index (κ1) is 17.4. The summed E-state index contributed by atoms with van der Waals surface area (Å²) in [6.45, 7) is -0.194. The highest BCUT2D eigenvalue weighted by atomic mass is 32.2. The number of halogens is 1. The molecule has 0 aliphatic rings. The van der Waals surface area contributed by atoms with Gasteiger partial charge in [-0.15, -0.1) is 0 Å². The predicted octanol–water partition coefficient (Wildman–Crippen LogP) is 1.77. The Morgan fingerprint density at radius 1 is 1.21 bits per heavy atom. The third kappa shape index (κ3) is 3.88. The second-order valence-electron chi connectivity index (χ2n) is 4.91. The van der Waals surface area contributed by atoms with E-state index in [9.17, 15) is 17.6 Å². The van der Waals surface area contributed by atoms with Crippen molar-refractivity contribution in [3.8, 4) is 6.07 Å². The van der Waals surface area contributed by atoms with Crippen LogP contribution in [0.5, 0.6) is 0 Å². The number of rotatable bonds is 6. The third-order valence-corrected chi connectivity index (χ3v) is 5.05. The molecule has 0 heterocycles. The number of sulfonamides is 1. The minimum atomic E-state index is -4.04. The number of nitriles is 1. The normalized spacial score (nSPS) is 10.8. The topological polar surface area (TPSA) is 104 Å². The second kappa shape index (κ2) is 7.10. The van der Waals surface area contributed by atoms with Crippen LogP contribution in [0.1, 0.15) is 12.0 Å². The highest BCUT2D eigenvalue weighted by Gasteiger charge is 2.25. The van der Waals surface area contributed by atoms with Gasteiger partial charge in [0.1, 0.15) is 5.82 Å². The van der Waals surface area contributed by atoms with Crippen LogP contribution in [0.2, 0.25) is 0 Å². The minimum absolute atomic E-state index is 0.102. The van der Waals surface area contributed by atoms with Gasteiger partial charge in [0, 0.05) is 13.0 Å². The number of carbonyl (C=O) groups excluding carboxylic acids is 1. The highest BCUT2D eigenvalue weighted by Crippen LogP contribution is 2.24. The second-order valence-corrected chi connectivity index (χ2v) is 6.77. The van der Waals surface area contributed by atoms with Gasteiger partial charge in [-0.05, 0) is 42.5 Å². The first-order valence-electron chi connectivity index (χ1n) is 6.91. The summed E-state index contributed by atoms with van der Waals surface area (Å²) >= 11 is 0. The van der Waals surface area contributed by atoms with E-state index in [1.807, 2.05) is 6.07 Å². The van der Waals surface area contributed by atoms with Crippen LogP contribution < -0.4 is 10.0 Å². The van der Waals surface area contributed by atoms with Crippen LogP contribution in [0.4, 0.5) is 10.1 Å². The van der Waals surface area contributed by atoms with E-state index in [0.29, 0.717) is 0 Å². The van der Waals surface area contributed by atoms with Crippen LogP contribution in [0, 0.1) is 17.1 Å². The van der Waals surface area contributed by atoms with Crippen LogP contribution in [0.25, 0.3) is 0 Å². The Balaban J connectivity index is 2.49. The van der Waals surface area contributed by atoms with Crippen molar-refractivity contribution >= 4 is 21.6 Å². The summed E-state index contributed by atoms with van der Waals surface area (Å²) in [6, 6.07) is 12.2. The van der Waals surface area contributed by atoms with Crippen molar-refractivity contribution in [1.82, 2.24) is 0 Å². The first-order valence-corrected chi connectivity index (χ1v) is 8.35. The van der Waals surface area contributed by atoms with Crippen molar-refractivity contribution in [3.63, 3.8) is 0 Å². The van der Waals surface area contributed by atoms with Gasteiger partial charge < -0.3 is 5.73 Å². The molecule has 124 valence electrons. The van der Waals surface area contributed by atoms with E-state index in [1.165, 1.54) is 36.4 Å². The summed E-state index contributed by atoms with van der Waals surface area (Å²) in [4.78, 5) is 10.9. The Labute approximate surface area is 139 Å². The lowest BCUT2D eigenvalue weighted by molar-refractivity contribution is -0.117. The van der Waals surface area contributed by atoms with Gasteiger partial charge >= 0.3 is 0 Å². The summed E-state index contributed by atoms with van der Waals surface area (Å²) in [5, 5.41) is 8.93. The Kier molecular flexibility index (Phi) is 5.16. The molecule has 0 aromatic heterocycles. The zero-order valence-electron chi connectivity index (χ0n) is 12.5. The Morgan fingerprint density at radius 3 is 2.46 bits per heavy atom. The SMILES string of the molecule is N#Cc1cccc(S(=O)(=O)N(CCC(N)=O)c2ccc(F)cc2)c1. The fourth-order valence-corrected chi connectivity index (χ4v) is 3.57. The molecule has 0 saturated carbocycles. The number of carbonyl (C=O) groups is 1. The molecular formula is C16H14FN3O3S. The fraction of sp³-hybridized carbons (Fsp3) is 0.125. The monoisotopic (exact) mass is 347 g/mol. The van der Waals surface area contributed by atoms with Crippen LogP contribution in [0.15, 0.2) is 53.4 Å². The maximum atomic E-state index is 13.1. The molecule has 0 atom stereocenters. The summed E-state index contributed by atoms with van der Waals surface area (Å²) in [5.41, 5.74) is 5.49. The van der Waals surface area contributed by atoms with E-state index >= 15 is 0 Å². The molecule has 2 aromatic rings. The number of hydrogen-bond donors (Lipinski definition) is 1. The van der Waals surface area contributed by atoms with Gasteiger partial charge in [-0.1, -0.05) is 6.07 Å². The maximum Gasteiger partial charge on any atom is 0.264 e. The molecule has 0 saturated heterocycles. The zero-order chi connectivity index (χ0) is 17.7. The zero-order valence-corrected chi connectivity index (χ0v) is 13.3. The Hall–Kier alpha value is -2.92. The molecule has 2 aromatic carbocycles. The van der Waals surface area contributed by atoms with Gasteiger partial charge in [-0.25, -0.2) is 12.8 Å². The molecule has 2 rings (SSSR count). The number of hydrogen-bond acceptors (Lipinski definition) is 4. The van der Waals surface area contributed by atoms with E-state index in [-0.39, 0.29) is 29.1 Å². The number of anilines is 1. The lowest BCUT2D eigenvalue weighted by Gasteiger charge is -2.24. The first-order chi connectivity index (χ1) is 11.3.